The molecule has 0 heterocycles. The number of allylic oxidation sites excluding steroid dienone is 4. The molecule has 0 spiro atoms. The third-order valence-corrected chi connectivity index (χ3v) is 4.11. The molecule has 22 heavy (non-hydrogen) atoms. The first-order valence-electron chi connectivity index (χ1n) is 7.56. The van der Waals surface area contributed by atoms with Gasteiger partial charge in [-0.3, -0.25) is 5.43 Å². The minimum absolute atomic E-state index is 0.991. The monoisotopic (exact) mass is 288 g/mol. The van der Waals surface area contributed by atoms with E-state index in [1.165, 1.54) is 22.3 Å². The van der Waals surface area contributed by atoms with Crippen LogP contribution in [-0.2, 0) is 0 Å². The van der Waals surface area contributed by atoms with Crippen molar-refractivity contribution in [2.24, 2.45) is 5.10 Å². The summed E-state index contributed by atoms with van der Waals surface area (Å²) in [5, 5.41) is 4.37. The quantitative estimate of drug-likeness (QED) is 0.602. The maximum Gasteiger partial charge on any atom is 0.0561 e. The average Bonchev–Trinajstić information content (AvgIpc) is 2.88. The van der Waals surface area contributed by atoms with Gasteiger partial charge in [0.15, 0.2) is 0 Å². The fourth-order valence-electron chi connectivity index (χ4n) is 2.68. The molecule has 0 saturated carbocycles. The molecular formula is C20H20N2. The Morgan fingerprint density at radius 1 is 0.955 bits per heavy atom. The molecule has 2 heteroatoms. The summed E-state index contributed by atoms with van der Waals surface area (Å²) in [5.74, 6) is 0. The molecule has 0 aromatic heterocycles. The van der Waals surface area contributed by atoms with Crippen LogP contribution in [0.25, 0.3) is 5.57 Å². The molecule has 0 bridgehead atoms. The number of para-hydroxylation sites is 1. The van der Waals surface area contributed by atoms with Crippen LogP contribution in [0.15, 0.2) is 76.9 Å². The Hall–Kier alpha value is -2.61. The standard InChI is InChI=1S/C20H20N2/c1-15-12-13-19(16(15)2)20-11-7-6-8-17(20)14-21-22-18-9-4-3-5-10-18/h3-12,14,22H,13H2,1-2H3. The number of anilines is 1. The molecule has 0 unspecified atom stereocenters. The van der Waals surface area contributed by atoms with Crippen molar-refractivity contribution in [3.8, 4) is 0 Å². The largest absolute Gasteiger partial charge is 0.279 e. The Morgan fingerprint density at radius 2 is 1.68 bits per heavy atom. The molecule has 110 valence electrons. The molecule has 1 aliphatic rings. The predicted octanol–water partition coefficient (Wildman–Crippen LogP) is 5.26. The minimum Gasteiger partial charge on any atom is -0.279 e. The smallest absolute Gasteiger partial charge is 0.0561 e. The van der Waals surface area contributed by atoms with Gasteiger partial charge in [0.1, 0.15) is 0 Å². The van der Waals surface area contributed by atoms with Crippen molar-refractivity contribution in [1.82, 2.24) is 0 Å². The number of hydrogen-bond donors (Lipinski definition) is 1. The molecule has 2 aromatic carbocycles. The number of hydrogen-bond acceptors (Lipinski definition) is 2. The van der Waals surface area contributed by atoms with Gasteiger partial charge < -0.3 is 0 Å². The van der Waals surface area contributed by atoms with Crippen LogP contribution in [0, 0.1) is 0 Å². The highest BCUT2D eigenvalue weighted by Crippen LogP contribution is 2.34. The van der Waals surface area contributed by atoms with Gasteiger partial charge in [0, 0.05) is 5.56 Å². The second kappa shape index (κ2) is 6.44. The number of rotatable bonds is 4. The lowest BCUT2D eigenvalue weighted by Gasteiger charge is -2.09. The van der Waals surface area contributed by atoms with Crippen LogP contribution in [0.2, 0.25) is 0 Å². The van der Waals surface area contributed by atoms with Crippen molar-refractivity contribution in [1.29, 1.82) is 0 Å². The molecule has 0 aliphatic heterocycles. The SMILES string of the molecule is CC1=CCC(c2ccccc2C=NNc2ccccc2)=C1C. The number of nitrogens with zero attached hydrogens (tertiary/aromatic N) is 1. The molecule has 0 saturated heterocycles. The van der Waals surface area contributed by atoms with Crippen LogP contribution in [-0.4, -0.2) is 6.21 Å². The van der Waals surface area contributed by atoms with Crippen molar-refractivity contribution in [2.45, 2.75) is 20.3 Å². The summed E-state index contributed by atoms with van der Waals surface area (Å²) < 4.78 is 0. The molecule has 2 nitrogen and oxygen atoms in total. The minimum atomic E-state index is 0.991. The van der Waals surface area contributed by atoms with Gasteiger partial charge in [-0.05, 0) is 49.1 Å². The van der Waals surface area contributed by atoms with Crippen LogP contribution in [0.5, 0.6) is 0 Å². The molecule has 2 aromatic rings. The van der Waals surface area contributed by atoms with E-state index in [2.05, 4.69) is 54.7 Å². The fourth-order valence-corrected chi connectivity index (χ4v) is 2.68. The molecule has 1 N–H and O–H groups in total. The molecule has 0 fully saturated rings. The average molecular weight is 288 g/mol. The van der Waals surface area contributed by atoms with Gasteiger partial charge in [0.25, 0.3) is 0 Å². The van der Waals surface area contributed by atoms with Crippen LogP contribution >= 0.6 is 0 Å². The molecule has 3 rings (SSSR count). The summed E-state index contributed by atoms with van der Waals surface area (Å²) in [6, 6.07) is 18.4. The summed E-state index contributed by atoms with van der Waals surface area (Å²) in [6.45, 7) is 4.38. The van der Waals surface area contributed by atoms with Crippen LogP contribution in [0.1, 0.15) is 31.4 Å². The zero-order valence-electron chi connectivity index (χ0n) is 13.0. The van der Waals surface area contributed by atoms with E-state index < -0.39 is 0 Å². The third kappa shape index (κ3) is 3.01. The maximum atomic E-state index is 4.37. The normalized spacial score (nSPS) is 14.5. The Bertz CT molecular complexity index is 752. The lowest BCUT2D eigenvalue weighted by atomic mass is 9.96. The van der Waals surface area contributed by atoms with Gasteiger partial charge in [-0.25, -0.2) is 0 Å². The van der Waals surface area contributed by atoms with Crippen molar-refractivity contribution in [3.63, 3.8) is 0 Å². The molecule has 0 radical (unpaired) electrons. The molecule has 1 aliphatic carbocycles. The Morgan fingerprint density at radius 3 is 2.41 bits per heavy atom. The van der Waals surface area contributed by atoms with E-state index in [1.807, 2.05) is 36.5 Å². The lowest BCUT2D eigenvalue weighted by molar-refractivity contribution is 1.34. The predicted molar refractivity (Wildman–Crippen MR) is 95.1 cm³/mol. The molecule has 0 atom stereocenters. The van der Waals surface area contributed by atoms with Gasteiger partial charge in [-0.2, -0.15) is 5.10 Å². The van der Waals surface area contributed by atoms with E-state index in [-0.39, 0.29) is 0 Å². The van der Waals surface area contributed by atoms with Gasteiger partial charge in [-0.15, -0.1) is 0 Å². The molecular weight excluding hydrogens is 268 g/mol. The van der Waals surface area contributed by atoms with E-state index >= 15 is 0 Å². The highest BCUT2D eigenvalue weighted by molar-refractivity contribution is 5.91. The zero-order chi connectivity index (χ0) is 15.4. The maximum absolute atomic E-state index is 4.37. The highest BCUT2D eigenvalue weighted by atomic mass is 15.3. The first-order valence-corrected chi connectivity index (χ1v) is 7.56. The van der Waals surface area contributed by atoms with Crippen LogP contribution in [0.4, 0.5) is 5.69 Å². The van der Waals surface area contributed by atoms with Gasteiger partial charge in [-0.1, -0.05) is 54.1 Å². The van der Waals surface area contributed by atoms with Crippen molar-refractivity contribution >= 4 is 17.5 Å². The second-order valence-electron chi connectivity index (χ2n) is 5.52. The van der Waals surface area contributed by atoms with E-state index in [4.69, 9.17) is 0 Å². The van der Waals surface area contributed by atoms with E-state index in [1.54, 1.807) is 0 Å². The summed E-state index contributed by atoms with van der Waals surface area (Å²) in [5.41, 5.74) is 10.6. The van der Waals surface area contributed by atoms with Crippen molar-refractivity contribution in [2.75, 3.05) is 5.43 Å². The Balaban J connectivity index is 1.84. The summed E-state index contributed by atoms with van der Waals surface area (Å²) in [7, 11) is 0. The Kier molecular flexibility index (Phi) is 4.19. The van der Waals surface area contributed by atoms with Crippen LogP contribution in [0.3, 0.4) is 0 Å². The number of nitrogens with one attached hydrogen (secondary N) is 1. The van der Waals surface area contributed by atoms with Gasteiger partial charge in [0.05, 0.1) is 11.9 Å². The summed E-state index contributed by atoms with van der Waals surface area (Å²) >= 11 is 0. The summed E-state index contributed by atoms with van der Waals surface area (Å²) in [4.78, 5) is 0. The number of benzene rings is 2. The summed E-state index contributed by atoms with van der Waals surface area (Å²) in [6.07, 6.45) is 5.20. The van der Waals surface area contributed by atoms with Gasteiger partial charge >= 0.3 is 0 Å². The van der Waals surface area contributed by atoms with Crippen molar-refractivity contribution in [3.05, 3.63) is 82.9 Å². The first kappa shape index (κ1) is 14.3. The van der Waals surface area contributed by atoms with Crippen molar-refractivity contribution < 1.29 is 0 Å². The van der Waals surface area contributed by atoms with Crippen LogP contribution < -0.4 is 5.43 Å². The molecule has 0 amide bonds. The zero-order valence-corrected chi connectivity index (χ0v) is 13.0. The van der Waals surface area contributed by atoms with E-state index in [9.17, 15) is 0 Å². The van der Waals surface area contributed by atoms with E-state index in [0.717, 1.165) is 17.7 Å². The first-order chi connectivity index (χ1) is 10.8. The number of hydrazone groups is 1. The van der Waals surface area contributed by atoms with E-state index in [0.29, 0.717) is 0 Å². The topological polar surface area (TPSA) is 24.4 Å². The Labute approximate surface area is 131 Å². The van der Waals surface area contributed by atoms with Gasteiger partial charge in [0.2, 0.25) is 0 Å². The second-order valence-corrected chi connectivity index (χ2v) is 5.52. The highest BCUT2D eigenvalue weighted by Gasteiger charge is 2.14. The third-order valence-electron chi connectivity index (χ3n) is 4.11. The fraction of sp³-hybridized carbons (Fsp3) is 0.150. The lowest BCUT2D eigenvalue weighted by Crippen LogP contribution is -1.95.